The highest BCUT2D eigenvalue weighted by Crippen LogP contribution is 2.34. The van der Waals surface area contributed by atoms with Gasteiger partial charge in [0.25, 0.3) is 0 Å². The zero-order valence-corrected chi connectivity index (χ0v) is 80.7. The SMILES string of the molecule is C.C.C.C.C.C.C.C.C.C.C.C.C.C.CCC(C)(C)C(=O)OCCOc1c(COC)cc(C)cc1COC.CCC(C)C(=O)O.CCC(C)c1ccc(O)cc1.CCC(C)c1ccc(O)cc1.CCC(C)c1ccc(OC(=O)COc2c(COC)cc(C)cc2COC)cc1.CCC(C)c1ccc(OCCC(=O)Oc2c(COC(C)(C)C)cccc2COC(C)(C)C)cc1.CCC(C)c1ccccc1. The van der Waals surface area contributed by atoms with Gasteiger partial charge in [0.05, 0.1) is 75.2 Å². The topological polar surface area (TPSA) is 240 Å². The molecule has 0 bridgehead atoms. The van der Waals surface area contributed by atoms with E-state index in [0.29, 0.717) is 105 Å². The Bertz CT molecular complexity index is 4160. The monoisotopic (exact) mass is 1960 g/mol. The maximum Gasteiger partial charge on any atom is 0.349 e. The number of aliphatic carboxylic acids is 1. The minimum absolute atomic E-state index is 0. The van der Waals surface area contributed by atoms with Gasteiger partial charge < -0.3 is 72.2 Å². The number of carboxylic acids is 1. The maximum absolute atomic E-state index is 12.7. The van der Waals surface area contributed by atoms with Gasteiger partial charge in [-0.3, -0.25) is 14.4 Å². The number of carbonyl (C=O) groups is 4. The van der Waals surface area contributed by atoms with E-state index in [4.69, 9.17) is 72.2 Å². The van der Waals surface area contributed by atoms with Gasteiger partial charge in [0.1, 0.15) is 53.5 Å². The first-order chi connectivity index (χ1) is 59.2. The fourth-order valence-electron chi connectivity index (χ4n) is 11.7. The van der Waals surface area contributed by atoms with Gasteiger partial charge in [0.15, 0.2) is 6.61 Å². The molecular weight excluding hydrogens is 1750 g/mol. The highest BCUT2D eigenvalue weighted by Gasteiger charge is 2.28. The number of benzene rings is 8. The van der Waals surface area contributed by atoms with E-state index in [1.807, 2.05) is 186 Å². The second-order valence-electron chi connectivity index (χ2n) is 34.2. The van der Waals surface area contributed by atoms with Crippen molar-refractivity contribution in [1.82, 2.24) is 0 Å². The lowest BCUT2D eigenvalue weighted by Crippen LogP contribution is -2.27. The molecule has 0 spiro atoms. The molecule has 8 rings (SSSR count). The average Bonchev–Trinajstić information content (AvgIpc) is 0.833. The molecule has 804 valence electrons. The zero-order chi connectivity index (χ0) is 93.8. The van der Waals surface area contributed by atoms with Crippen LogP contribution in [0.4, 0.5) is 0 Å². The summed E-state index contributed by atoms with van der Waals surface area (Å²) in [5, 5.41) is 26.2. The summed E-state index contributed by atoms with van der Waals surface area (Å²) in [6.45, 7) is 50.1. The molecule has 6 atom stereocenters. The number of rotatable bonds is 39. The van der Waals surface area contributed by atoms with Gasteiger partial charge in [-0.1, -0.05) is 326 Å². The zero-order valence-electron chi connectivity index (χ0n) is 80.7. The molecule has 19 nitrogen and oxygen atoms in total. The number of hydrogen-bond acceptors (Lipinski definition) is 18. The molecule has 8 aromatic carbocycles. The van der Waals surface area contributed by atoms with Gasteiger partial charge in [0.2, 0.25) is 0 Å². The van der Waals surface area contributed by atoms with Crippen molar-refractivity contribution in [2.45, 2.75) is 395 Å². The smallest absolute Gasteiger partial charge is 0.349 e. The van der Waals surface area contributed by atoms with Crippen molar-refractivity contribution >= 4 is 23.9 Å². The third-order valence-corrected chi connectivity index (χ3v) is 21.1. The predicted molar refractivity (Wildman–Crippen MR) is 599 cm³/mol. The number of methoxy groups -OCH3 is 4. The van der Waals surface area contributed by atoms with Crippen molar-refractivity contribution in [2.24, 2.45) is 11.3 Å². The minimum atomic E-state index is -0.706. The van der Waals surface area contributed by atoms with Crippen LogP contribution in [0, 0.1) is 25.2 Å². The van der Waals surface area contributed by atoms with Gasteiger partial charge >= 0.3 is 23.9 Å². The Labute approximate surface area is 854 Å². The molecule has 6 unspecified atom stereocenters. The molecule has 139 heavy (non-hydrogen) atoms. The molecule has 0 heterocycles. The van der Waals surface area contributed by atoms with Crippen LogP contribution < -0.4 is 23.7 Å². The Hall–Kier alpha value is -9.60. The highest BCUT2D eigenvalue weighted by molar-refractivity contribution is 5.76. The van der Waals surface area contributed by atoms with E-state index in [0.717, 1.165) is 94.5 Å². The number of aromatic hydroxyl groups is 2. The minimum Gasteiger partial charge on any atom is -0.508 e. The summed E-state index contributed by atoms with van der Waals surface area (Å²) in [5.41, 5.74) is 13.0. The van der Waals surface area contributed by atoms with E-state index >= 15 is 0 Å². The number of carboxylic acid groups (broad SMARTS) is 1. The summed E-state index contributed by atoms with van der Waals surface area (Å²) in [4.78, 5) is 46.9. The number of phenolic OH excluding ortho intramolecular Hbond substituents is 2. The predicted octanol–water partition coefficient (Wildman–Crippen LogP) is 34.7. The summed E-state index contributed by atoms with van der Waals surface area (Å²) in [6.07, 6.45) is 7.27. The quantitative estimate of drug-likeness (QED) is 0.0184. The van der Waals surface area contributed by atoms with Crippen LogP contribution in [0.15, 0.2) is 170 Å². The third-order valence-electron chi connectivity index (χ3n) is 21.1. The second kappa shape index (κ2) is 85.2. The fraction of sp³-hybridized carbons (Fsp3) is 0.567. The number of aryl methyl sites for hydroxylation is 2. The Morgan fingerprint density at radius 1 is 0.331 bits per heavy atom. The van der Waals surface area contributed by atoms with Crippen LogP contribution in [-0.2, 0) is 92.0 Å². The van der Waals surface area contributed by atoms with Crippen LogP contribution in [0.2, 0.25) is 0 Å². The standard InChI is InChI=1S/C29H42O5.C23H30O5.C19H30O5.2C10H14O.C10H14.C5H10O2.14CH4/c1-9-21(2)22-13-15-25(16-14-22)31-18-17-26(30)34-27-23(19-32-28(3,4)5)11-10-12-24(27)20-33-29(6,7)8;1-6-17(3)18-7-9-21(10-8-18)28-22(24)15-27-23-19(13-25-4)11-16(2)12-20(23)14-26-5;1-7-19(3,4)18(20)24-9-8-23-17-15(12-21-5)10-14(2)11-16(17)13-22-6;2*1-3-8(2)9-4-6-10(11)7-5-9;1-3-9(2)10-7-5-4-6-8-10;1-3-4(2)5(6)7;;;;;;;;;;;;;;/h10-16,21H,9,17-20H2,1-8H3;7-12,17H,6,13-15H2,1-5H3;10-11H,7-9,12-13H2,1-6H3;2*4-8,11H,3H2,1-2H3;4-9H,3H2,1-2H3;4H,3H2,1-2H3,(H,6,7);14*1H4. The maximum atomic E-state index is 12.7. The number of hydrogen-bond donors (Lipinski definition) is 3. The van der Waals surface area contributed by atoms with Gasteiger partial charge in [0, 0.05) is 61.8 Å². The molecule has 19 heteroatoms. The molecule has 0 saturated heterocycles. The molecule has 0 radical (unpaired) electrons. The van der Waals surface area contributed by atoms with Gasteiger partial charge in [-0.25, -0.2) is 4.79 Å². The third kappa shape index (κ3) is 63.7. The first-order valence-electron chi connectivity index (χ1n) is 44.3. The molecule has 0 amide bonds. The molecule has 0 saturated carbocycles. The largest absolute Gasteiger partial charge is 0.508 e. The summed E-state index contributed by atoms with van der Waals surface area (Å²) < 4.78 is 67.0. The Balaban J connectivity index is -0.000000126. The van der Waals surface area contributed by atoms with Crippen molar-refractivity contribution in [2.75, 3.05) is 54.9 Å². The molecular formula is C120H210O19. The van der Waals surface area contributed by atoms with E-state index in [1.165, 1.54) is 34.2 Å². The van der Waals surface area contributed by atoms with Crippen LogP contribution in [0.25, 0.3) is 0 Å². The lowest BCUT2D eigenvalue weighted by molar-refractivity contribution is -0.155. The number of para-hydroxylation sites is 1. The Morgan fingerprint density at radius 2 is 0.647 bits per heavy atom. The van der Waals surface area contributed by atoms with E-state index in [9.17, 15) is 19.2 Å². The van der Waals surface area contributed by atoms with Crippen molar-refractivity contribution in [1.29, 1.82) is 0 Å². The van der Waals surface area contributed by atoms with E-state index in [-0.39, 0.29) is 159 Å². The van der Waals surface area contributed by atoms with Crippen LogP contribution in [0.3, 0.4) is 0 Å². The van der Waals surface area contributed by atoms with E-state index < -0.39 is 17.4 Å². The highest BCUT2D eigenvalue weighted by atomic mass is 16.6. The van der Waals surface area contributed by atoms with Crippen LogP contribution >= 0.6 is 0 Å². The Morgan fingerprint density at radius 3 is 0.942 bits per heavy atom. The van der Waals surface area contributed by atoms with Crippen molar-refractivity contribution in [3.05, 3.63) is 242 Å². The normalized spacial score (nSPS) is 11.2. The fourth-order valence-corrected chi connectivity index (χ4v) is 11.7. The number of ether oxygens (including phenoxy) is 12. The van der Waals surface area contributed by atoms with E-state index in [2.05, 4.69) is 112 Å². The van der Waals surface area contributed by atoms with E-state index in [1.54, 1.807) is 59.6 Å². The molecule has 0 aliphatic rings. The van der Waals surface area contributed by atoms with Crippen LogP contribution in [-0.4, -0.2) is 105 Å². The lowest BCUT2D eigenvalue weighted by atomic mass is 9.91. The van der Waals surface area contributed by atoms with Crippen molar-refractivity contribution in [3.63, 3.8) is 0 Å². The average molecular weight is 1960 g/mol. The number of carbonyl (C=O) groups excluding carboxylic acids is 3. The van der Waals surface area contributed by atoms with Crippen LogP contribution in [0.1, 0.15) is 403 Å². The van der Waals surface area contributed by atoms with Crippen LogP contribution in [0.5, 0.6) is 40.2 Å². The Kier molecular flexibility index (Phi) is 96.5. The van der Waals surface area contributed by atoms with Gasteiger partial charge in [-0.05, 0) is 220 Å². The van der Waals surface area contributed by atoms with Crippen molar-refractivity contribution in [3.8, 4) is 40.2 Å². The molecule has 3 N–H and O–H groups in total. The van der Waals surface area contributed by atoms with Gasteiger partial charge in [-0.2, -0.15) is 0 Å². The summed E-state index contributed by atoms with van der Waals surface area (Å²) in [6, 6.07) is 55.0. The molecule has 8 aromatic rings. The summed E-state index contributed by atoms with van der Waals surface area (Å²) in [5.74, 6) is 4.82. The molecule has 0 fully saturated rings. The van der Waals surface area contributed by atoms with Crippen molar-refractivity contribution < 1.29 is 91.3 Å². The first kappa shape index (κ1) is 157. The lowest BCUT2D eigenvalue weighted by Gasteiger charge is -2.23. The molecule has 0 aromatic heterocycles. The summed E-state index contributed by atoms with van der Waals surface area (Å²) >= 11 is 0. The van der Waals surface area contributed by atoms with Gasteiger partial charge in [-0.15, -0.1) is 0 Å². The first-order valence-corrected chi connectivity index (χ1v) is 44.3. The second-order valence-corrected chi connectivity index (χ2v) is 34.2. The molecule has 0 aliphatic carbocycles. The number of phenols is 2. The number of esters is 3. The molecule has 0 aliphatic heterocycles. The summed E-state index contributed by atoms with van der Waals surface area (Å²) in [7, 11) is 6.55.